The van der Waals surface area contributed by atoms with Gasteiger partial charge in [0.25, 0.3) is 5.56 Å². The monoisotopic (exact) mass is 236 g/mol. The Morgan fingerprint density at radius 2 is 2.12 bits per heavy atom. The molecule has 0 spiro atoms. The Balaban J connectivity index is 2.63. The lowest BCUT2D eigenvalue weighted by Gasteiger charge is -2.05. The fraction of sp³-hybridized carbons (Fsp3) is 0.0909. The van der Waals surface area contributed by atoms with Gasteiger partial charge in [0.05, 0.1) is 6.07 Å². The lowest BCUT2D eigenvalue weighted by atomic mass is 10.1. The average Bonchev–Trinajstić information content (AvgIpc) is 2.15. The Bertz CT molecular complexity index is 593. The minimum Gasteiger partial charge on any atom is -0.493 e. The third kappa shape index (κ3) is 2.06. The van der Waals surface area contributed by atoms with Crippen LogP contribution in [0.5, 0.6) is 5.88 Å². The SMILES string of the molecule is Cc1cc(Cl)ccc1-c1nc(O)cc(=O)[nH]1. The Morgan fingerprint density at radius 3 is 2.75 bits per heavy atom. The van der Waals surface area contributed by atoms with Crippen LogP contribution in [0.2, 0.25) is 5.02 Å². The molecule has 1 aromatic heterocycles. The molecule has 0 bridgehead atoms. The van der Waals surface area contributed by atoms with Crippen molar-refractivity contribution < 1.29 is 5.11 Å². The van der Waals surface area contributed by atoms with Crippen LogP contribution in [-0.2, 0) is 0 Å². The number of nitrogens with one attached hydrogen (secondary N) is 1. The molecule has 1 aromatic carbocycles. The zero-order chi connectivity index (χ0) is 11.7. The van der Waals surface area contributed by atoms with Gasteiger partial charge in [0.2, 0.25) is 5.88 Å². The summed E-state index contributed by atoms with van der Waals surface area (Å²) in [5.74, 6) is 0.0345. The van der Waals surface area contributed by atoms with Crippen LogP contribution in [0.25, 0.3) is 11.4 Å². The van der Waals surface area contributed by atoms with Crippen molar-refractivity contribution in [3.8, 4) is 17.3 Å². The van der Waals surface area contributed by atoms with E-state index in [0.717, 1.165) is 17.2 Å². The number of hydrogen-bond donors (Lipinski definition) is 2. The molecule has 0 atom stereocenters. The van der Waals surface area contributed by atoms with E-state index in [9.17, 15) is 9.90 Å². The van der Waals surface area contributed by atoms with E-state index in [4.69, 9.17) is 11.6 Å². The van der Waals surface area contributed by atoms with Crippen molar-refractivity contribution in [2.45, 2.75) is 6.92 Å². The first-order chi connectivity index (χ1) is 7.56. The molecule has 82 valence electrons. The van der Waals surface area contributed by atoms with Gasteiger partial charge in [-0.3, -0.25) is 4.79 Å². The summed E-state index contributed by atoms with van der Waals surface area (Å²) in [6, 6.07) is 6.24. The maximum absolute atomic E-state index is 11.2. The molecule has 2 N–H and O–H groups in total. The van der Waals surface area contributed by atoms with Crippen molar-refractivity contribution >= 4 is 11.6 Å². The average molecular weight is 237 g/mol. The molecule has 0 aliphatic rings. The molecule has 0 amide bonds. The highest BCUT2D eigenvalue weighted by Gasteiger charge is 2.06. The molecule has 0 aliphatic carbocycles. The maximum Gasteiger partial charge on any atom is 0.254 e. The molecule has 2 aromatic rings. The lowest BCUT2D eigenvalue weighted by molar-refractivity contribution is 0.452. The van der Waals surface area contributed by atoms with E-state index in [1.165, 1.54) is 0 Å². The number of nitrogens with zero attached hydrogens (tertiary/aromatic N) is 1. The molecule has 4 nitrogen and oxygen atoms in total. The molecule has 0 saturated heterocycles. The van der Waals surface area contributed by atoms with Gasteiger partial charge < -0.3 is 10.1 Å². The quantitative estimate of drug-likeness (QED) is 0.797. The number of halogens is 1. The van der Waals surface area contributed by atoms with Crippen molar-refractivity contribution in [2.24, 2.45) is 0 Å². The summed E-state index contributed by atoms with van der Waals surface area (Å²) < 4.78 is 0. The Kier molecular flexibility index (Phi) is 2.66. The van der Waals surface area contributed by atoms with Crippen molar-refractivity contribution in [3.05, 3.63) is 45.2 Å². The molecule has 0 saturated carbocycles. The zero-order valence-electron chi connectivity index (χ0n) is 8.49. The van der Waals surface area contributed by atoms with Crippen LogP contribution in [0.1, 0.15) is 5.56 Å². The number of rotatable bonds is 1. The normalized spacial score (nSPS) is 10.4. The first kappa shape index (κ1) is 10.7. The van der Waals surface area contributed by atoms with Crippen LogP contribution in [0.15, 0.2) is 29.1 Å². The van der Waals surface area contributed by atoms with Gasteiger partial charge in [-0.1, -0.05) is 11.6 Å². The number of benzene rings is 1. The van der Waals surface area contributed by atoms with Crippen molar-refractivity contribution in [2.75, 3.05) is 0 Å². The summed E-state index contributed by atoms with van der Waals surface area (Å²) in [4.78, 5) is 17.6. The fourth-order valence-electron chi connectivity index (χ4n) is 1.47. The van der Waals surface area contributed by atoms with Gasteiger partial charge in [-0.05, 0) is 30.7 Å². The lowest BCUT2D eigenvalue weighted by Crippen LogP contribution is -2.07. The predicted octanol–water partition coefficient (Wildman–Crippen LogP) is 2.10. The second-order valence-electron chi connectivity index (χ2n) is 3.41. The third-order valence-electron chi connectivity index (χ3n) is 2.17. The summed E-state index contributed by atoms with van der Waals surface area (Å²) in [7, 11) is 0. The standard InChI is InChI=1S/C11H9ClN2O2/c1-6-4-7(12)2-3-8(6)11-13-9(15)5-10(16)14-11/h2-5H,1H3,(H2,13,14,15,16). The van der Waals surface area contributed by atoms with Crippen molar-refractivity contribution in [1.29, 1.82) is 0 Å². The van der Waals surface area contributed by atoms with Crippen molar-refractivity contribution in [1.82, 2.24) is 9.97 Å². The van der Waals surface area contributed by atoms with E-state index in [-0.39, 0.29) is 5.88 Å². The molecule has 2 rings (SSSR count). The number of aromatic nitrogens is 2. The van der Waals surface area contributed by atoms with E-state index >= 15 is 0 Å². The second-order valence-corrected chi connectivity index (χ2v) is 3.85. The number of hydrogen-bond acceptors (Lipinski definition) is 3. The predicted molar refractivity (Wildman–Crippen MR) is 61.7 cm³/mol. The van der Waals surface area contributed by atoms with Crippen LogP contribution in [-0.4, -0.2) is 15.1 Å². The summed E-state index contributed by atoms with van der Waals surface area (Å²) in [5, 5.41) is 9.86. The molecule has 0 radical (unpaired) electrons. The van der Waals surface area contributed by atoms with Gasteiger partial charge in [-0.25, -0.2) is 0 Å². The van der Waals surface area contributed by atoms with Gasteiger partial charge in [-0.15, -0.1) is 0 Å². The summed E-state index contributed by atoms with van der Waals surface area (Å²) in [6.45, 7) is 1.85. The number of H-pyrrole nitrogens is 1. The van der Waals surface area contributed by atoms with Crippen LogP contribution < -0.4 is 5.56 Å². The smallest absolute Gasteiger partial charge is 0.254 e. The highest BCUT2D eigenvalue weighted by Crippen LogP contribution is 2.23. The van der Waals surface area contributed by atoms with E-state index in [1.807, 2.05) is 6.92 Å². The van der Waals surface area contributed by atoms with Gasteiger partial charge in [0, 0.05) is 10.6 Å². The van der Waals surface area contributed by atoms with E-state index in [2.05, 4.69) is 9.97 Å². The largest absolute Gasteiger partial charge is 0.493 e. The first-order valence-corrected chi connectivity index (χ1v) is 5.01. The molecule has 1 heterocycles. The van der Waals surface area contributed by atoms with Gasteiger partial charge in [0.15, 0.2) is 0 Å². The first-order valence-electron chi connectivity index (χ1n) is 4.63. The molecule has 16 heavy (non-hydrogen) atoms. The number of aromatic hydroxyl groups is 1. The topological polar surface area (TPSA) is 66.0 Å². The highest BCUT2D eigenvalue weighted by atomic mass is 35.5. The van der Waals surface area contributed by atoms with Gasteiger partial charge >= 0.3 is 0 Å². The summed E-state index contributed by atoms with van der Waals surface area (Å²) in [5.41, 5.74) is 1.22. The Hall–Kier alpha value is -1.81. The molecule has 5 heteroatoms. The molecule has 0 unspecified atom stereocenters. The van der Waals surface area contributed by atoms with Gasteiger partial charge in [-0.2, -0.15) is 4.98 Å². The minimum absolute atomic E-state index is 0.298. The van der Waals surface area contributed by atoms with E-state index < -0.39 is 5.56 Å². The van der Waals surface area contributed by atoms with E-state index in [0.29, 0.717) is 10.8 Å². The van der Waals surface area contributed by atoms with Gasteiger partial charge in [0.1, 0.15) is 5.82 Å². The molecular weight excluding hydrogens is 228 g/mol. The van der Waals surface area contributed by atoms with Crippen LogP contribution in [0, 0.1) is 6.92 Å². The maximum atomic E-state index is 11.2. The minimum atomic E-state index is -0.392. The van der Waals surface area contributed by atoms with Crippen LogP contribution in [0.3, 0.4) is 0 Å². The van der Waals surface area contributed by atoms with Crippen LogP contribution >= 0.6 is 11.6 Å². The Morgan fingerprint density at radius 1 is 1.38 bits per heavy atom. The second kappa shape index (κ2) is 3.98. The zero-order valence-corrected chi connectivity index (χ0v) is 9.25. The number of aromatic amines is 1. The molecular formula is C11H9ClN2O2. The number of aryl methyl sites for hydroxylation is 1. The Labute approximate surface area is 96.6 Å². The third-order valence-corrected chi connectivity index (χ3v) is 2.41. The van der Waals surface area contributed by atoms with Crippen molar-refractivity contribution in [3.63, 3.8) is 0 Å². The molecule has 0 aliphatic heterocycles. The fourth-order valence-corrected chi connectivity index (χ4v) is 1.69. The van der Waals surface area contributed by atoms with E-state index in [1.54, 1.807) is 18.2 Å². The van der Waals surface area contributed by atoms with Crippen LogP contribution in [0.4, 0.5) is 0 Å². The highest BCUT2D eigenvalue weighted by molar-refractivity contribution is 6.30. The summed E-state index contributed by atoms with van der Waals surface area (Å²) in [6.07, 6.45) is 0. The molecule has 0 fully saturated rings. The summed E-state index contributed by atoms with van der Waals surface area (Å²) >= 11 is 5.83.